The molecule has 1 aromatic heterocycles. The largest absolute Gasteiger partial charge is 0.496 e. The molecule has 0 aliphatic carbocycles. The van der Waals surface area contributed by atoms with Crippen molar-refractivity contribution in [1.29, 1.82) is 0 Å². The van der Waals surface area contributed by atoms with Gasteiger partial charge in [-0.2, -0.15) is 4.98 Å². The molecule has 7 nitrogen and oxygen atoms in total. The summed E-state index contributed by atoms with van der Waals surface area (Å²) >= 11 is 0. The molecule has 1 aliphatic heterocycles. The Morgan fingerprint density at radius 2 is 2.07 bits per heavy atom. The molecule has 1 amide bonds. The van der Waals surface area contributed by atoms with E-state index in [2.05, 4.69) is 16.4 Å². The van der Waals surface area contributed by atoms with Gasteiger partial charge in [0.05, 0.1) is 19.3 Å². The lowest BCUT2D eigenvalue weighted by molar-refractivity contribution is -0.129. The predicted octanol–water partition coefficient (Wildman–Crippen LogP) is 2.11. The van der Waals surface area contributed by atoms with Crippen LogP contribution in [0.2, 0.25) is 0 Å². The van der Waals surface area contributed by atoms with Crippen LogP contribution >= 0.6 is 0 Å². The summed E-state index contributed by atoms with van der Waals surface area (Å²) in [4.78, 5) is 24.8. The van der Waals surface area contributed by atoms with Gasteiger partial charge in [-0.1, -0.05) is 18.2 Å². The number of benzene rings is 1. The fourth-order valence-corrected chi connectivity index (χ4v) is 3.26. The average molecular weight is 369 g/mol. The van der Waals surface area contributed by atoms with Crippen LogP contribution in [0.15, 0.2) is 24.3 Å². The minimum atomic E-state index is 0.0800. The summed E-state index contributed by atoms with van der Waals surface area (Å²) in [7, 11) is 5.54. The molecule has 0 radical (unpaired) electrons. The van der Waals surface area contributed by atoms with Crippen LogP contribution in [0.1, 0.15) is 23.7 Å². The standard InChI is InChI=1S/C20H27N5O2/c1-14(26)25-12-10-16-17(13-25)22-20(24(2)3)23-19(16)21-11-9-15-7-5-6-8-18(15)27-4/h5-8H,9-13H2,1-4H3,(H,21,22,23). The number of rotatable bonds is 6. The Hall–Kier alpha value is -2.83. The van der Waals surface area contributed by atoms with Crippen LogP contribution in [0.5, 0.6) is 5.75 Å². The minimum Gasteiger partial charge on any atom is -0.496 e. The van der Waals surface area contributed by atoms with Crippen LogP contribution in [0.3, 0.4) is 0 Å². The summed E-state index contributed by atoms with van der Waals surface area (Å²) in [5.74, 6) is 2.49. The Labute approximate surface area is 160 Å². The summed E-state index contributed by atoms with van der Waals surface area (Å²) < 4.78 is 5.43. The van der Waals surface area contributed by atoms with Crippen molar-refractivity contribution in [1.82, 2.24) is 14.9 Å². The molecular formula is C20H27N5O2. The number of aromatic nitrogens is 2. The second kappa shape index (κ2) is 8.24. The zero-order chi connectivity index (χ0) is 19.4. The lowest BCUT2D eigenvalue weighted by Gasteiger charge is -2.29. The average Bonchev–Trinajstić information content (AvgIpc) is 2.67. The normalized spacial score (nSPS) is 13.1. The van der Waals surface area contributed by atoms with Crippen LogP contribution in [0, 0.1) is 0 Å². The highest BCUT2D eigenvalue weighted by Gasteiger charge is 2.24. The van der Waals surface area contributed by atoms with E-state index in [1.165, 1.54) is 0 Å². The van der Waals surface area contributed by atoms with Crippen LogP contribution < -0.4 is 15.0 Å². The number of hydrogen-bond donors (Lipinski definition) is 1. The quantitative estimate of drug-likeness (QED) is 0.841. The van der Waals surface area contributed by atoms with E-state index in [0.717, 1.165) is 47.8 Å². The zero-order valence-electron chi connectivity index (χ0n) is 16.5. The molecule has 3 rings (SSSR count). The van der Waals surface area contributed by atoms with Gasteiger partial charge in [-0.3, -0.25) is 4.79 Å². The monoisotopic (exact) mass is 369 g/mol. The molecule has 0 fully saturated rings. The van der Waals surface area contributed by atoms with Gasteiger partial charge in [0.2, 0.25) is 11.9 Å². The van der Waals surface area contributed by atoms with Gasteiger partial charge in [0, 0.05) is 39.7 Å². The van der Waals surface area contributed by atoms with Crippen molar-refractivity contribution >= 4 is 17.7 Å². The van der Waals surface area contributed by atoms with E-state index in [4.69, 9.17) is 9.72 Å². The fourth-order valence-electron chi connectivity index (χ4n) is 3.26. The molecule has 0 saturated heterocycles. The number of fused-ring (bicyclic) bond motifs is 1. The molecule has 0 bridgehead atoms. The minimum absolute atomic E-state index is 0.0800. The van der Waals surface area contributed by atoms with E-state index >= 15 is 0 Å². The maximum Gasteiger partial charge on any atom is 0.227 e. The first-order valence-corrected chi connectivity index (χ1v) is 9.18. The molecule has 27 heavy (non-hydrogen) atoms. The highest BCUT2D eigenvalue weighted by atomic mass is 16.5. The Morgan fingerprint density at radius 3 is 2.78 bits per heavy atom. The molecule has 0 saturated carbocycles. The van der Waals surface area contributed by atoms with E-state index in [1.807, 2.05) is 42.1 Å². The Balaban J connectivity index is 1.79. The molecular weight excluding hydrogens is 342 g/mol. The second-order valence-corrected chi connectivity index (χ2v) is 6.87. The molecule has 1 aliphatic rings. The summed E-state index contributed by atoms with van der Waals surface area (Å²) in [5, 5.41) is 3.48. The topological polar surface area (TPSA) is 70.6 Å². The van der Waals surface area contributed by atoms with E-state index in [-0.39, 0.29) is 5.91 Å². The van der Waals surface area contributed by atoms with Gasteiger partial charge in [0.25, 0.3) is 0 Å². The Morgan fingerprint density at radius 1 is 1.30 bits per heavy atom. The highest BCUT2D eigenvalue weighted by molar-refractivity contribution is 5.73. The van der Waals surface area contributed by atoms with Gasteiger partial charge >= 0.3 is 0 Å². The number of nitrogens with one attached hydrogen (secondary N) is 1. The first-order chi connectivity index (χ1) is 13.0. The number of ether oxygens (including phenoxy) is 1. The first kappa shape index (κ1) is 18.9. The number of methoxy groups -OCH3 is 1. The molecule has 144 valence electrons. The van der Waals surface area contributed by atoms with Gasteiger partial charge in [0.1, 0.15) is 11.6 Å². The van der Waals surface area contributed by atoms with Gasteiger partial charge < -0.3 is 19.9 Å². The van der Waals surface area contributed by atoms with Crippen LogP contribution in [0.25, 0.3) is 0 Å². The van der Waals surface area contributed by atoms with Crippen molar-refractivity contribution < 1.29 is 9.53 Å². The summed E-state index contributed by atoms with van der Waals surface area (Å²) in [6.45, 7) is 3.59. The first-order valence-electron chi connectivity index (χ1n) is 9.18. The van der Waals surface area contributed by atoms with Crippen LogP contribution in [-0.2, 0) is 24.2 Å². The molecule has 2 heterocycles. The summed E-state index contributed by atoms with van der Waals surface area (Å²) in [6.07, 6.45) is 1.60. The van der Waals surface area contributed by atoms with Gasteiger partial charge in [-0.05, 0) is 24.5 Å². The summed E-state index contributed by atoms with van der Waals surface area (Å²) in [5.41, 5.74) is 3.19. The molecule has 1 aromatic carbocycles. The third-order valence-corrected chi connectivity index (χ3v) is 4.78. The van der Waals surface area contributed by atoms with Crippen molar-refractivity contribution in [2.24, 2.45) is 0 Å². The van der Waals surface area contributed by atoms with Crippen molar-refractivity contribution in [3.05, 3.63) is 41.1 Å². The van der Waals surface area contributed by atoms with Gasteiger partial charge in [-0.25, -0.2) is 4.98 Å². The van der Waals surface area contributed by atoms with Crippen LogP contribution in [0.4, 0.5) is 11.8 Å². The smallest absolute Gasteiger partial charge is 0.227 e. The SMILES string of the molecule is COc1ccccc1CCNc1nc(N(C)C)nc2c1CCN(C(C)=O)C2. The number of hydrogen-bond acceptors (Lipinski definition) is 6. The van der Waals surface area contributed by atoms with E-state index in [9.17, 15) is 4.79 Å². The second-order valence-electron chi connectivity index (χ2n) is 6.87. The Kier molecular flexibility index (Phi) is 5.78. The van der Waals surface area contributed by atoms with Crippen molar-refractivity contribution in [3.63, 3.8) is 0 Å². The Bertz CT molecular complexity index is 822. The highest BCUT2D eigenvalue weighted by Crippen LogP contribution is 2.26. The lowest BCUT2D eigenvalue weighted by Crippen LogP contribution is -2.36. The van der Waals surface area contributed by atoms with E-state index in [1.54, 1.807) is 14.0 Å². The molecule has 2 aromatic rings. The third kappa shape index (κ3) is 4.30. The van der Waals surface area contributed by atoms with E-state index < -0.39 is 0 Å². The number of amides is 1. The summed E-state index contributed by atoms with van der Waals surface area (Å²) in [6, 6.07) is 8.04. The van der Waals surface area contributed by atoms with Crippen molar-refractivity contribution in [2.45, 2.75) is 26.3 Å². The molecule has 0 atom stereocenters. The number of carbonyl (C=O) groups excluding carboxylic acids is 1. The molecule has 0 spiro atoms. The maximum absolute atomic E-state index is 11.7. The molecule has 7 heteroatoms. The fraction of sp³-hybridized carbons (Fsp3) is 0.450. The molecule has 1 N–H and O–H groups in total. The lowest BCUT2D eigenvalue weighted by atomic mass is 10.1. The maximum atomic E-state index is 11.7. The van der Waals surface area contributed by atoms with Gasteiger partial charge in [-0.15, -0.1) is 0 Å². The predicted molar refractivity (Wildman–Crippen MR) is 106 cm³/mol. The third-order valence-electron chi connectivity index (χ3n) is 4.78. The molecule has 0 unspecified atom stereocenters. The van der Waals surface area contributed by atoms with Crippen LogP contribution in [-0.4, -0.2) is 55.1 Å². The number of para-hydroxylation sites is 1. The zero-order valence-corrected chi connectivity index (χ0v) is 16.5. The number of carbonyl (C=O) groups is 1. The number of anilines is 2. The van der Waals surface area contributed by atoms with E-state index in [0.29, 0.717) is 19.0 Å². The van der Waals surface area contributed by atoms with Crippen molar-refractivity contribution in [2.75, 3.05) is 44.5 Å². The van der Waals surface area contributed by atoms with Gasteiger partial charge in [0.15, 0.2) is 0 Å². The van der Waals surface area contributed by atoms with Crippen molar-refractivity contribution in [3.8, 4) is 5.75 Å². The number of nitrogens with zero attached hydrogens (tertiary/aromatic N) is 4.